The maximum absolute atomic E-state index is 12.4. The van der Waals surface area contributed by atoms with Crippen LogP contribution in [-0.4, -0.2) is 35.8 Å². The van der Waals surface area contributed by atoms with E-state index >= 15 is 0 Å². The van der Waals surface area contributed by atoms with Crippen LogP contribution in [0.3, 0.4) is 0 Å². The molecule has 1 atom stereocenters. The molecule has 1 fully saturated rings. The summed E-state index contributed by atoms with van der Waals surface area (Å²) in [5.74, 6) is 0.175. The highest BCUT2D eigenvalue weighted by Gasteiger charge is 2.19. The number of hydrogen-bond acceptors (Lipinski definition) is 3. The van der Waals surface area contributed by atoms with E-state index in [9.17, 15) is 4.79 Å². The van der Waals surface area contributed by atoms with E-state index < -0.39 is 0 Å². The molecule has 2 heterocycles. The Hall–Kier alpha value is -1.65. The monoisotopic (exact) mass is 328 g/mol. The Bertz CT molecular complexity index is 630. The molecule has 4 heteroatoms. The van der Waals surface area contributed by atoms with Crippen molar-refractivity contribution in [3.8, 4) is 0 Å². The van der Waals surface area contributed by atoms with Gasteiger partial charge in [-0.1, -0.05) is 18.2 Å². The normalized spacial score (nSPS) is 16.0. The third-order valence-electron chi connectivity index (χ3n) is 4.64. The Morgan fingerprint density at radius 2 is 1.91 bits per heavy atom. The van der Waals surface area contributed by atoms with E-state index in [0.717, 1.165) is 38.0 Å². The highest BCUT2D eigenvalue weighted by Crippen LogP contribution is 2.24. The minimum absolute atomic E-state index is 0.175. The van der Waals surface area contributed by atoms with Gasteiger partial charge in [-0.2, -0.15) is 0 Å². The molecule has 1 saturated heterocycles. The number of benzene rings is 1. The molecule has 2 aromatic rings. The van der Waals surface area contributed by atoms with Crippen molar-refractivity contribution in [2.24, 2.45) is 0 Å². The van der Waals surface area contributed by atoms with Gasteiger partial charge in [-0.3, -0.25) is 9.69 Å². The summed E-state index contributed by atoms with van der Waals surface area (Å²) in [6.07, 6.45) is 2.27. The van der Waals surface area contributed by atoms with Gasteiger partial charge in [-0.25, -0.2) is 0 Å². The van der Waals surface area contributed by atoms with Crippen molar-refractivity contribution in [3.05, 3.63) is 57.8 Å². The zero-order valence-corrected chi connectivity index (χ0v) is 14.7. The molecule has 1 amide bonds. The fourth-order valence-electron chi connectivity index (χ4n) is 3.03. The van der Waals surface area contributed by atoms with Crippen LogP contribution < -0.4 is 0 Å². The number of hydrogen-bond donors (Lipinski definition) is 0. The molecule has 1 aliphatic heterocycles. The molecule has 0 aliphatic carbocycles. The summed E-state index contributed by atoms with van der Waals surface area (Å²) >= 11 is 1.80. The van der Waals surface area contributed by atoms with E-state index in [-0.39, 0.29) is 5.91 Å². The molecule has 0 saturated carbocycles. The van der Waals surface area contributed by atoms with Crippen molar-refractivity contribution >= 4 is 17.2 Å². The van der Waals surface area contributed by atoms with E-state index in [4.69, 9.17) is 0 Å². The van der Waals surface area contributed by atoms with Crippen LogP contribution in [0, 0.1) is 0 Å². The van der Waals surface area contributed by atoms with Crippen LogP contribution in [0.5, 0.6) is 0 Å². The number of amides is 1. The van der Waals surface area contributed by atoms with Gasteiger partial charge in [0.25, 0.3) is 5.91 Å². The molecule has 0 spiro atoms. The maximum atomic E-state index is 12.4. The topological polar surface area (TPSA) is 23.6 Å². The lowest BCUT2D eigenvalue weighted by molar-refractivity contribution is 0.0793. The van der Waals surface area contributed by atoms with Gasteiger partial charge in [-0.15, -0.1) is 11.3 Å². The lowest BCUT2D eigenvalue weighted by Crippen LogP contribution is -2.27. The molecular weight excluding hydrogens is 304 g/mol. The molecule has 0 bridgehead atoms. The number of thiophene rings is 1. The van der Waals surface area contributed by atoms with Crippen molar-refractivity contribution in [3.63, 3.8) is 0 Å². The fourth-order valence-corrected chi connectivity index (χ4v) is 3.87. The number of likely N-dealkylation sites (tertiary alicyclic amines) is 1. The summed E-state index contributed by atoms with van der Waals surface area (Å²) in [6.45, 7) is 4.93. The van der Waals surface area contributed by atoms with E-state index in [1.165, 1.54) is 10.4 Å². The highest BCUT2D eigenvalue weighted by molar-refractivity contribution is 7.10. The molecular formula is C19H24N2OS. The molecule has 1 aromatic carbocycles. The summed E-state index contributed by atoms with van der Waals surface area (Å²) in [5.41, 5.74) is 2.05. The number of carbonyl (C=O) groups excluding carboxylic acids is 1. The number of carbonyl (C=O) groups is 1. The van der Waals surface area contributed by atoms with Gasteiger partial charge in [0.2, 0.25) is 0 Å². The largest absolute Gasteiger partial charge is 0.339 e. The predicted molar refractivity (Wildman–Crippen MR) is 95.8 cm³/mol. The van der Waals surface area contributed by atoms with Crippen LogP contribution in [0.1, 0.15) is 46.6 Å². The first-order valence-electron chi connectivity index (χ1n) is 8.27. The smallest absolute Gasteiger partial charge is 0.253 e. The SMILES string of the molecule is CC(c1cccs1)N(C)Cc1ccc(C(=O)N2CCCC2)cc1. The summed E-state index contributed by atoms with van der Waals surface area (Å²) < 4.78 is 0. The molecule has 0 radical (unpaired) electrons. The molecule has 1 unspecified atom stereocenters. The molecule has 122 valence electrons. The Labute approximate surface area is 142 Å². The average Bonchev–Trinajstić information content (AvgIpc) is 3.27. The first-order chi connectivity index (χ1) is 11.1. The molecule has 23 heavy (non-hydrogen) atoms. The van der Waals surface area contributed by atoms with Gasteiger partial charge in [0, 0.05) is 36.1 Å². The summed E-state index contributed by atoms with van der Waals surface area (Å²) in [5, 5.41) is 2.12. The van der Waals surface area contributed by atoms with E-state index in [1.54, 1.807) is 11.3 Å². The van der Waals surface area contributed by atoms with Gasteiger partial charge in [0.15, 0.2) is 0 Å². The van der Waals surface area contributed by atoms with Crippen LogP contribution >= 0.6 is 11.3 Å². The second kappa shape index (κ2) is 7.28. The zero-order valence-electron chi connectivity index (χ0n) is 13.9. The Kier molecular flexibility index (Phi) is 5.13. The van der Waals surface area contributed by atoms with Gasteiger partial charge < -0.3 is 4.90 Å². The van der Waals surface area contributed by atoms with Crippen LogP contribution in [0.15, 0.2) is 41.8 Å². The average molecular weight is 328 g/mol. The lowest BCUT2D eigenvalue weighted by Gasteiger charge is -2.24. The third kappa shape index (κ3) is 3.82. The molecule has 0 N–H and O–H groups in total. The van der Waals surface area contributed by atoms with Gasteiger partial charge in [0.05, 0.1) is 0 Å². The minimum atomic E-state index is 0.175. The first kappa shape index (κ1) is 16.2. The minimum Gasteiger partial charge on any atom is -0.339 e. The lowest BCUT2D eigenvalue weighted by atomic mass is 10.1. The van der Waals surface area contributed by atoms with Gasteiger partial charge in [-0.05, 0) is 56.0 Å². The third-order valence-corrected chi connectivity index (χ3v) is 5.68. The second-order valence-corrected chi connectivity index (χ2v) is 7.28. The number of rotatable bonds is 5. The zero-order chi connectivity index (χ0) is 16.2. The van der Waals surface area contributed by atoms with E-state index in [2.05, 4.69) is 48.5 Å². The molecule has 1 aromatic heterocycles. The van der Waals surface area contributed by atoms with Crippen LogP contribution in [-0.2, 0) is 6.54 Å². The van der Waals surface area contributed by atoms with Crippen molar-refractivity contribution in [2.45, 2.75) is 32.4 Å². The van der Waals surface area contributed by atoms with Crippen LogP contribution in [0.25, 0.3) is 0 Å². The number of nitrogens with zero attached hydrogens (tertiary/aromatic N) is 2. The van der Waals surface area contributed by atoms with Gasteiger partial charge in [0.1, 0.15) is 0 Å². The van der Waals surface area contributed by atoms with Crippen LogP contribution in [0.4, 0.5) is 0 Å². The van der Waals surface area contributed by atoms with Crippen LogP contribution in [0.2, 0.25) is 0 Å². The first-order valence-corrected chi connectivity index (χ1v) is 9.15. The van der Waals surface area contributed by atoms with E-state index in [0.29, 0.717) is 6.04 Å². The van der Waals surface area contributed by atoms with Crippen molar-refractivity contribution in [1.29, 1.82) is 0 Å². The highest BCUT2D eigenvalue weighted by atomic mass is 32.1. The van der Waals surface area contributed by atoms with Crippen molar-refractivity contribution in [1.82, 2.24) is 9.80 Å². The second-order valence-electron chi connectivity index (χ2n) is 6.30. The molecule has 1 aliphatic rings. The quantitative estimate of drug-likeness (QED) is 0.822. The summed E-state index contributed by atoms with van der Waals surface area (Å²) in [6, 6.07) is 12.8. The van der Waals surface area contributed by atoms with Gasteiger partial charge >= 0.3 is 0 Å². The van der Waals surface area contributed by atoms with E-state index in [1.807, 2.05) is 17.0 Å². The predicted octanol–water partition coefficient (Wildman–Crippen LogP) is 4.18. The molecule has 3 rings (SSSR count). The summed E-state index contributed by atoms with van der Waals surface area (Å²) in [7, 11) is 2.15. The standard InChI is InChI=1S/C19H24N2OS/c1-15(18-6-5-13-23-18)20(2)14-16-7-9-17(10-8-16)19(22)21-11-3-4-12-21/h5-10,13,15H,3-4,11-12,14H2,1-2H3. The Balaban J connectivity index is 1.62. The Morgan fingerprint density at radius 3 is 2.52 bits per heavy atom. The summed E-state index contributed by atoms with van der Waals surface area (Å²) in [4.78, 5) is 18.0. The van der Waals surface area contributed by atoms with Crippen molar-refractivity contribution < 1.29 is 4.79 Å². The fraction of sp³-hybridized carbons (Fsp3) is 0.421. The maximum Gasteiger partial charge on any atom is 0.253 e. The van der Waals surface area contributed by atoms with Crippen molar-refractivity contribution in [2.75, 3.05) is 20.1 Å². The molecule has 3 nitrogen and oxygen atoms in total. The Morgan fingerprint density at radius 1 is 1.22 bits per heavy atom.